The molecule has 21 heavy (non-hydrogen) atoms. The third-order valence-electron chi connectivity index (χ3n) is 3.02. The fourth-order valence-corrected chi connectivity index (χ4v) is 2.16. The van der Waals surface area contributed by atoms with Crippen molar-refractivity contribution in [1.82, 2.24) is 10.3 Å². The fraction of sp³-hybridized carbons (Fsp3) is 0.667. The summed E-state index contributed by atoms with van der Waals surface area (Å²) in [6, 6.07) is 2.40. The molecule has 0 fully saturated rings. The summed E-state index contributed by atoms with van der Waals surface area (Å²) >= 11 is 6.38. The Balaban J connectivity index is 2.77. The summed E-state index contributed by atoms with van der Waals surface area (Å²) in [5.41, 5.74) is 1.08. The number of methoxy groups -OCH3 is 2. The Morgan fingerprint density at radius 2 is 1.86 bits per heavy atom. The highest BCUT2D eigenvalue weighted by molar-refractivity contribution is 6.33. The average molecular weight is 316 g/mol. The van der Waals surface area contributed by atoms with E-state index in [1.54, 1.807) is 14.2 Å². The number of nitrogens with zero attached hydrogens (tertiary/aromatic N) is 2. The SMILES string of the molecule is COCCN(CCOC)c1ncc(CNC(C)C)cc1Cl. The molecule has 1 aromatic heterocycles. The molecule has 6 heteroatoms. The van der Waals surface area contributed by atoms with Gasteiger partial charge in [-0.2, -0.15) is 0 Å². The summed E-state index contributed by atoms with van der Waals surface area (Å²) in [5, 5.41) is 4.01. The van der Waals surface area contributed by atoms with Crippen molar-refractivity contribution in [3.63, 3.8) is 0 Å². The van der Waals surface area contributed by atoms with Crippen LogP contribution in [0.2, 0.25) is 5.02 Å². The van der Waals surface area contributed by atoms with Crippen LogP contribution in [0, 0.1) is 0 Å². The number of aromatic nitrogens is 1. The van der Waals surface area contributed by atoms with Crippen molar-refractivity contribution in [2.45, 2.75) is 26.4 Å². The van der Waals surface area contributed by atoms with Crippen molar-refractivity contribution in [3.8, 4) is 0 Å². The number of pyridine rings is 1. The van der Waals surface area contributed by atoms with E-state index in [0.29, 0.717) is 24.3 Å². The number of hydrogen-bond acceptors (Lipinski definition) is 5. The number of anilines is 1. The summed E-state index contributed by atoms with van der Waals surface area (Å²) in [7, 11) is 3.37. The zero-order valence-electron chi connectivity index (χ0n) is 13.4. The Morgan fingerprint density at radius 1 is 1.24 bits per heavy atom. The van der Waals surface area contributed by atoms with E-state index < -0.39 is 0 Å². The highest BCUT2D eigenvalue weighted by Gasteiger charge is 2.12. The van der Waals surface area contributed by atoms with Gasteiger partial charge in [-0.05, 0) is 11.6 Å². The van der Waals surface area contributed by atoms with Gasteiger partial charge in [0.1, 0.15) is 5.82 Å². The maximum Gasteiger partial charge on any atom is 0.147 e. The van der Waals surface area contributed by atoms with Crippen molar-refractivity contribution < 1.29 is 9.47 Å². The zero-order valence-corrected chi connectivity index (χ0v) is 14.1. The molecule has 0 saturated heterocycles. The molecule has 0 aliphatic carbocycles. The number of rotatable bonds is 10. The summed E-state index contributed by atoms with van der Waals surface area (Å²) in [6.45, 7) is 7.70. The lowest BCUT2D eigenvalue weighted by atomic mass is 10.2. The third-order valence-corrected chi connectivity index (χ3v) is 3.30. The van der Waals surface area contributed by atoms with E-state index in [1.807, 2.05) is 12.3 Å². The van der Waals surface area contributed by atoms with Crippen LogP contribution in [0.25, 0.3) is 0 Å². The van der Waals surface area contributed by atoms with Gasteiger partial charge < -0.3 is 19.7 Å². The second kappa shape index (κ2) is 9.95. The Labute approximate surface area is 132 Å². The molecular formula is C15H26ClN3O2. The molecule has 0 unspecified atom stereocenters. The predicted octanol–water partition coefficient (Wildman–Crippen LogP) is 2.33. The summed E-state index contributed by atoms with van der Waals surface area (Å²) in [4.78, 5) is 6.58. The zero-order chi connectivity index (χ0) is 15.7. The third kappa shape index (κ3) is 6.61. The van der Waals surface area contributed by atoms with Gasteiger partial charge in [0.2, 0.25) is 0 Å². The highest BCUT2D eigenvalue weighted by atomic mass is 35.5. The minimum atomic E-state index is 0.434. The fourth-order valence-electron chi connectivity index (χ4n) is 1.85. The lowest BCUT2D eigenvalue weighted by Crippen LogP contribution is -2.31. The summed E-state index contributed by atoms with van der Waals surface area (Å²) in [5.74, 6) is 0.777. The van der Waals surface area contributed by atoms with Crippen molar-refractivity contribution in [2.24, 2.45) is 0 Å². The predicted molar refractivity (Wildman–Crippen MR) is 87.2 cm³/mol. The molecule has 120 valence electrons. The molecule has 1 rings (SSSR count). The number of hydrogen-bond donors (Lipinski definition) is 1. The first-order valence-corrected chi connectivity index (χ1v) is 7.57. The highest BCUT2D eigenvalue weighted by Crippen LogP contribution is 2.24. The number of halogens is 1. The van der Waals surface area contributed by atoms with E-state index in [9.17, 15) is 0 Å². The monoisotopic (exact) mass is 315 g/mol. The molecular weight excluding hydrogens is 290 g/mol. The Hall–Kier alpha value is -0.880. The molecule has 1 N–H and O–H groups in total. The minimum absolute atomic E-state index is 0.434. The van der Waals surface area contributed by atoms with Gasteiger partial charge in [-0.15, -0.1) is 0 Å². The van der Waals surface area contributed by atoms with Crippen LogP contribution in [0.3, 0.4) is 0 Å². The van der Waals surface area contributed by atoms with Crippen LogP contribution >= 0.6 is 11.6 Å². The number of ether oxygens (including phenoxy) is 2. The van der Waals surface area contributed by atoms with E-state index in [2.05, 4.69) is 29.0 Å². The standard InChI is InChI=1S/C15H26ClN3O2/c1-12(2)17-10-13-9-14(16)15(18-11-13)19(5-7-20-3)6-8-21-4/h9,11-12,17H,5-8,10H2,1-4H3. The molecule has 0 spiro atoms. The van der Waals surface area contributed by atoms with Crippen molar-refractivity contribution in [1.29, 1.82) is 0 Å². The summed E-state index contributed by atoms with van der Waals surface area (Å²) < 4.78 is 10.3. The molecule has 0 aliphatic rings. The van der Waals surface area contributed by atoms with E-state index in [0.717, 1.165) is 31.0 Å². The Bertz CT molecular complexity index is 408. The normalized spacial score (nSPS) is 11.1. The summed E-state index contributed by atoms with van der Waals surface area (Å²) in [6.07, 6.45) is 1.86. The largest absolute Gasteiger partial charge is 0.383 e. The maximum absolute atomic E-state index is 6.38. The molecule has 5 nitrogen and oxygen atoms in total. The van der Waals surface area contributed by atoms with Gasteiger partial charge in [-0.25, -0.2) is 4.98 Å². The molecule has 0 radical (unpaired) electrons. The first-order chi connectivity index (χ1) is 10.1. The average Bonchev–Trinajstić information content (AvgIpc) is 2.46. The quantitative estimate of drug-likeness (QED) is 0.718. The molecule has 0 atom stereocenters. The lowest BCUT2D eigenvalue weighted by molar-refractivity contribution is 0.190. The van der Waals surface area contributed by atoms with E-state index in [-0.39, 0.29) is 0 Å². The first kappa shape index (κ1) is 18.2. The van der Waals surface area contributed by atoms with Crippen LogP contribution in [-0.2, 0) is 16.0 Å². The van der Waals surface area contributed by atoms with Crippen LogP contribution in [0.1, 0.15) is 19.4 Å². The van der Waals surface area contributed by atoms with Gasteiger partial charge in [0, 0.05) is 46.1 Å². The van der Waals surface area contributed by atoms with Crippen LogP contribution in [-0.4, -0.2) is 51.5 Å². The van der Waals surface area contributed by atoms with Crippen LogP contribution in [0.15, 0.2) is 12.3 Å². The van der Waals surface area contributed by atoms with Crippen molar-refractivity contribution in [3.05, 3.63) is 22.8 Å². The topological polar surface area (TPSA) is 46.6 Å². The van der Waals surface area contributed by atoms with E-state index in [1.165, 1.54) is 0 Å². The Kier molecular flexibility index (Phi) is 8.61. The van der Waals surface area contributed by atoms with Gasteiger partial charge in [-0.1, -0.05) is 25.4 Å². The van der Waals surface area contributed by atoms with Gasteiger partial charge in [0.05, 0.1) is 18.2 Å². The van der Waals surface area contributed by atoms with Crippen LogP contribution in [0.5, 0.6) is 0 Å². The maximum atomic E-state index is 6.38. The second-order valence-electron chi connectivity index (χ2n) is 5.16. The van der Waals surface area contributed by atoms with Crippen LogP contribution in [0.4, 0.5) is 5.82 Å². The number of nitrogens with one attached hydrogen (secondary N) is 1. The lowest BCUT2D eigenvalue weighted by Gasteiger charge is -2.24. The smallest absolute Gasteiger partial charge is 0.147 e. The van der Waals surface area contributed by atoms with Crippen molar-refractivity contribution >= 4 is 17.4 Å². The minimum Gasteiger partial charge on any atom is -0.383 e. The molecule has 1 heterocycles. The van der Waals surface area contributed by atoms with Crippen LogP contribution < -0.4 is 10.2 Å². The molecule has 0 amide bonds. The molecule has 0 bridgehead atoms. The molecule has 0 aliphatic heterocycles. The first-order valence-electron chi connectivity index (χ1n) is 7.19. The van der Waals surface area contributed by atoms with Gasteiger partial charge in [0.15, 0.2) is 0 Å². The van der Waals surface area contributed by atoms with Crippen molar-refractivity contribution in [2.75, 3.05) is 45.4 Å². The Morgan fingerprint density at radius 3 is 2.33 bits per heavy atom. The second-order valence-corrected chi connectivity index (χ2v) is 5.56. The van der Waals surface area contributed by atoms with E-state index in [4.69, 9.17) is 21.1 Å². The molecule has 1 aromatic rings. The molecule has 0 saturated carbocycles. The van der Waals surface area contributed by atoms with Gasteiger partial charge in [-0.3, -0.25) is 0 Å². The van der Waals surface area contributed by atoms with Gasteiger partial charge >= 0.3 is 0 Å². The van der Waals surface area contributed by atoms with E-state index >= 15 is 0 Å². The van der Waals surface area contributed by atoms with Gasteiger partial charge in [0.25, 0.3) is 0 Å². The molecule has 0 aromatic carbocycles.